The molecule has 0 saturated carbocycles. The summed E-state index contributed by atoms with van der Waals surface area (Å²) >= 11 is 0. The summed E-state index contributed by atoms with van der Waals surface area (Å²) < 4.78 is 2.36. The van der Waals surface area contributed by atoms with Gasteiger partial charge in [-0.1, -0.05) is 27.2 Å². The molecule has 21 heavy (non-hydrogen) atoms. The van der Waals surface area contributed by atoms with E-state index in [0.717, 1.165) is 18.6 Å². The highest BCUT2D eigenvalue weighted by Crippen LogP contribution is 2.23. The summed E-state index contributed by atoms with van der Waals surface area (Å²) in [7, 11) is 0. The topological polar surface area (TPSA) is 29.9 Å². The van der Waals surface area contributed by atoms with E-state index in [1.165, 1.54) is 29.5 Å². The molecule has 2 rings (SSSR count). The quantitative estimate of drug-likeness (QED) is 0.825. The van der Waals surface area contributed by atoms with Crippen LogP contribution in [-0.2, 0) is 0 Å². The summed E-state index contributed by atoms with van der Waals surface area (Å²) in [6.45, 7) is 13.2. The van der Waals surface area contributed by atoms with Crippen LogP contribution >= 0.6 is 0 Å². The van der Waals surface area contributed by atoms with Gasteiger partial charge in [-0.3, -0.25) is 0 Å². The van der Waals surface area contributed by atoms with Crippen molar-refractivity contribution in [2.24, 2.45) is 5.92 Å². The second-order valence-electron chi connectivity index (χ2n) is 6.57. The number of hydrogen-bond donors (Lipinski definition) is 1. The van der Waals surface area contributed by atoms with Crippen LogP contribution in [0.4, 0.5) is 0 Å². The van der Waals surface area contributed by atoms with E-state index >= 15 is 0 Å². The number of fused-ring (bicyclic) bond motifs is 1. The maximum Gasteiger partial charge on any atom is 0.0961 e. The lowest BCUT2D eigenvalue weighted by Crippen LogP contribution is -2.28. The molecule has 0 spiro atoms. The Hall–Kier alpha value is -1.35. The molecule has 3 heteroatoms. The molecule has 0 bridgehead atoms. The lowest BCUT2D eigenvalue weighted by Gasteiger charge is -2.20. The van der Waals surface area contributed by atoms with Crippen LogP contribution in [0.15, 0.2) is 18.5 Å². The van der Waals surface area contributed by atoms with Gasteiger partial charge in [0.05, 0.1) is 17.4 Å². The number of imidazole rings is 1. The van der Waals surface area contributed by atoms with Crippen LogP contribution in [0, 0.1) is 19.8 Å². The lowest BCUT2D eigenvalue weighted by atomic mass is 10.1. The van der Waals surface area contributed by atoms with E-state index < -0.39 is 0 Å². The SMILES string of the molecule is CCCC(CNCC(C)C)n1cnc2cc(C)c(C)cc21. The molecule has 1 heterocycles. The Morgan fingerprint density at radius 1 is 1.14 bits per heavy atom. The Kier molecular flexibility index (Phi) is 5.40. The van der Waals surface area contributed by atoms with Gasteiger partial charge in [-0.2, -0.15) is 0 Å². The van der Waals surface area contributed by atoms with Crippen molar-refractivity contribution in [3.63, 3.8) is 0 Å². The molecule has 0 aliphatic carbocycles. The zero-order valence-electron chi connectivity index (χ0n) is 14.1. The van der Waals surface area contributed by atoms with Crippen molar-refractivity contribution in [1.29, 1.82) is 0 Å². The molecule has 0 saturated heterocycles. The molecule has 0 radical (unpaired) electrons. The minimum Gasteiger partial charge on any atom is -0.326 e. The summed E-state index contributed by atoms with van der Waals surface area (Å²) in [6, 6.07) is 4.97. The average Bonchev–Trinajstić information content (AvgIpc) is 2.81. The molecule has 0 aliphatic heterocycles. The van der Waals surface area contributed by atoms with Crippen LogP contribution in [0.1, 0.15) is 50.8 Å². The average molecular weight is 287 g/mol. The summed E-state index contributed by atoms with van der Waals surface area (Å²) in [4.78, 5) is 4.60. The molecule has 1 N–H and O–H groups in total. The monoisotopic (exact) mass is 287 g/mol. The summed E-state index contributed by atoms with van der Waals surface area (Å²) in [5.74, 6) is 0.691. The Morgan fingerprint density at radius 2 is 1.86 bits per heavy atom. The highest BCUT2D eigenvalue weighted by molar-refractivity contribution is 5.77. The molecule has 116 valence electrons. The molecule has 0 aliphatic rings. The van der Waals surface area contributed by atoms with Crippen molar-refractivity contribution < 1.29 is 0 Å². The van der Waals surface area contributed by atoms with Crippen LogP contribution in [-0.4, -0.2) is 22.6 Å². The molecule has 3 nitrogen and oxygen atoms in total. The first-order valence-electron chi connectivity index (χ1n) is 8.17. The van der Waals surface area contributed by atoms with Crippen molar-refractivity contribution in [2.45, 2.75) is 53.5 Å². The number of hydrogen-bond acceptors (Lipinski definition) is 2. The number of nitrogens with zero attached hydrogens (tertiary/aromatic N) is 2. The lowest BCUT2D eigenvalue weighted by molar-refractivity contribution is 0.420. The fourth-order valence-electron chi connectivity index (χ4n) is 2.78. The van der Waals surface area contributed by atoms with Gasteiger partial charge >= 0.3 is 0 Å². The van der Waals surface area contributed by atoms with Crippen molar-refractivity contribution in [2.75, 3.05) is 13.1 Å². The molecule has 1 unspecified atom stereocenters. The second-order valence-corrected chi connectivity index (χ2v) is 6.57. The van der Waals surface area contributed by atoms with Crippen LogP contribution in [0.25, 0.3) is 11.0 Å². The van der Waals surface area contributed by atoms with Gasteiger partial charge in [0.2, 0.25) is 0 Å². The normalized spacial score (nSPS) is 13.2. The number of rotatable bonds is 7. The highest BCUT2D eigenvalue weighted by Gasteiger charge is 2.14. The third kappa shape index (κ3) is 3.85. The van der Waals surface area contributed by atoms with Crippen molar-refractivity contribution in [3.8, 4) is 0 Å². The van der Waals surface area contributed by atoms with Gasteiger partial charge in [0.15, 0.2) is 0 Å². The van der Waals surface area contributed by atoms with Crippen LogP contribution < -0.4 is 5.32 Å². The number of benzene rings is 1. The third-order valence-electron chi connectivity index (χ3n) is 4.14. The molecule has 0 amide bonds. The van der Waals surface area contributed by atoms with Gasteiger partial charge in [-0.25, -0.2) is 4.98 Å². The minimum atomic E-state index is 0.487. The van der Waals surface area contributed by atoms with Gasteiger partial charge in [-0.15, -0.1) is 0 Å². The Balaban J connectivity index is 2.25. The maximum absolute atomic E-state index is 4.60. The van der Waals surface area contributed by atoms with E-state index in [0.29, 0.717) is 12.0 Å². The van der Waals surface area contributed by atoms with E-state index in [1.807, 2.05) is 6.33 Å². The zero-order valence-corrected chi connectivity index (χ0v) is 14.1. The summed E-state index contributed by atoms with van der Waals surface area (Å²) in [6.07, 6.45) is 4.39. The van der Waals surface area contributed by atoms with Crippen molar-refractivity contribution in [1.82, 2.24) is 14.9 Å². The van der Waals surface area contributed by atoms with E-state index in [-0.39, 0.29) is 0 Å². The van der Waals surface area contributed by atoms with Crippen LogP contribution in [0.3, 0.4) is 0 Å². The fourth-order valence-corrected chi connectivity index (χ4v) is 2.78. The first-order valence-corrected chi connectivity index (χ1v) is 8.17. The number of nitrogens with one attached hydrogen (secondary N) is 1. The van der Waals surface area contributed by atoms with Gasteiger partial charge in [0.1, 0.15) is 0 Å². The van der Waals surface area contributed by atoms with Gasteiger partial charge < -0.3 is 9.88 Å². The molecule has 1 aromatic carbocycles. The van der Waals surface area contributed by atoms with Gasteiger partial charge in [-0.05, 0) is 56.0 Å². The van der Waals surface area contributed by atoms with Crippen LogP contribution in [0.5, 0.6) is 0 Å². The molecular formula is C18H29N3. The summed E-state index contributed by atoms with van der Waals surface area (Å²) in [5, 5.41) is 3.60. The van der Waals surface area contributed by atoms with E-state index in [2.05, 4.69) is 61.6 Å². The molecule has 1 aromatic heterocycles. The molecule has 1 atom stereocenters. The van der Waals surface area contributed by atoms with Crippen LogP contribution in [0.2, 0.25) is 0 Å². The Bertz CT molecular complexity index is 583. The third-order valence-corrected chi connectivity index (χ3v) is 4.14. The minimum absolute atomic E-state index is 0.487. The zero-order chi connectivity index (χ0) is 15.4. The van der Waals surface area contributed by atoms with Crippen molar-refractivity contribution >= 4 is 11.0 Å². The maximum atomic E-state index is 4.60. The largest absolute Gasteiger partial charge is 0.326 e. The predicted molar refractivity (Wildman–Crippen MR) is 90.9 cm³/mol. The second kappa shape index (κ2) is 7.08. The summed E-state index contributed by atoms with van der Waals surface area (Å²) in [5.41, 5.74) is 5.04. The van der Waals surface area contributed by atoms with E-state index in [4.69, 9.17) is 0 Å². The highest BCUT2D eigenvalue weighted by atomic mass is 15.1. The standard InChI is InChI=1S/C18H29N3/c1-6-7-16(11-19-10-13(2)3)21-12-20-17-8-14(4)15(5)9-18(17)21/h8-9,12-13,16,19H,6-7,10-11H2,1-5H3. The molecular weight excluding hydrogens is 258 g/mol. The van der Waals surface area contributed by atoms with Gasteiger partial charge in [0, 0.05) is 12.6 Å². The van der Waals surface area contributed by atoms with E-state index in [9.17, 15) is 0 Å². The van der Waals surface area contributed by atoms with Crippen molar-refractivity contribution in [3.05, 3.63) is 29.6 Å². The first kappa shape index (κ1) is 16.0. The Labute approximate surface area is 128 Å². The number of aryl methyl sites for hydroxylation is 2. The smallest absolute Gasteiger partial charge is 0.0961 e. The fraction of sp³-hybridized carbons (Fsp3) is 0.611. The molecule has 0 fully saturated rings. The molecule has 2 aromatic rings. The Morgan fingerprint density at radius 3 is 2.52 bits per heavy atom. The number of aromatic nitrogens is 2. The van der Waals surface area contributed by atoms with Gasteiger partial charge in [0.25, 0.3) is 0 Å². The van der Waals surface area contributed by atoms with E-state index in [1.54, 1.807) is 0 Å². The first-order chi connectivity index (χ1) is 10.0. The predicted octanol–water partition coefficient (Wildman–Crippen LogP) is 4.24.